The van der Waals surface area contributed by atoms with E-state index in [9.17, 15) is 4.79 Å². The predicted molar refractivity (Wildman–Crippen MR) is 98.0 cm³/mol. The Bertz CT molecular complexity index is 274. The van der Waals surface area contributed by atoms with Crippen molar-refractivity contribution in [3.8, 4) is 0 Å². The molecule has 0 radical (unpaired) electrons. The average molecular weight is 426 g/mol. The zero-order valence-corrected chi connectivity index (χ0v) is 16.5. The van der Waals surface area contributed by atoms with E-state index in [0.717, 1.165) is 22.7 Å². The topological polar surface area (TPSA) is 26.3 Å². The quantitative estimate of drug-likeness (QED) is 0.224. The Morgan fingerprint density at radius 3 is 1.67 bits per heavy atom. The third kappa shape index (κ3) is 18.1. The fourth-order valence-electron chi connectivity index (χ4n) is 2.32. The number of halogens is 2. The van der Waals surface area contributed by atoms with Gasteiger partial charge in [-0.2, -0.15) is 0 Å². The summed E-state index contributed by atoms with van der Waals surface area (Å²) in [6, 6.07) is 0. The maximum absolute atomic E-state index is 10.9. The molecule has 0 rings (SSSR count). The van der Waals surface area contributed by atoms with Gasteiger partial charge in [-0.05, 0) is 51.1 Å². The molecule has 0 aromatic heterocycles. The van der Waals surface area contributed by atoms with Gasteiger partial charge in [0.2, 0.25) is 0 Å². The van der Waals surface area contributed by atoms with Gasteiger partial charge in [0.1, 0.15) is 0 Å². The molecule has 0 atom stereocenters. The Morgan fingerprint density at radius 1 is 0.810 bits per heavy atom. The number of carbonyl (C=O) groups excluding carboxylic acids is 1. The standard InChI is InChI=1S/C17H30Br2O2/c1-21-17(20)15-13-11-9-7-5-3-2-4-6-8-10-12-14-16(18)19/h14H,2-13,15H2,1H3. The van der Waals surface area contributed by atoms with Crippen molar-refractivity contribution in [1.29, 1.82) is 0 Å². The number of ether oxygens (including phenoxy) is 1. The first-order valence-corrected chi connectivity index (χ1v) is 9.83. The summed E-state index contributed by atoms with van der Waals surface area (Å²) in [4.78, 5) is 10.9. The first kappa shape index (κ1) is 21.2. The molecule has 0 saturated heterocycles. The molecule has 0 saturated carbocycles. The van der Waals surface area contributed by atoms with Crippen molar-refractivity contribution in [2.24, 2.45) is 0 Å². The number of hydrogen-bond acceptors (Lipinski definition) is 2. The number of unbranched alkanes of at least 4 members (excludes halogenated alkanes) is 11. The smallest absolute Gasteiger partial charge is 0.305 e. The molecule has 124 valence electrons. The van der Waals surface area contributed by atoms with Crippen LogP contribution >= 0.6 is 31.9 Å². The number of methoxy groups -OCH3 is 1. The molecule has 0 bridgehead atoms. The molecule has 0 unspecified atom stereocenters. The van der Waals surface area contributed by atoms with Crippen LogP contribution in [0.15, 0.2) is 9.47 Å². The van der Waals surface area contributed by atoms with Gasteiger partial charge < -0.3 is 4.74 Å². The van der Waals surface area contributed by atoms with Crippen LogP contribution < -0.4 is 0 Å². The van der Waals surface area contributed by atoms with E-state index in [1.54, 1.807) is 0 Å². The summed E-state index contributed by atoms with van der Waals surface area (Å²) in [5, 5.41) is 0. The summed E-state index contributed by atoms with van der Waals surface area (Å²) in [6.07, 6.45) is 18.1. The molecule has 0 aromatic rings. The maximum Gasteiger partial charge on any atom is 0.305 e. The van der Waals surface area contributed by atoms with Crippen molar-refractivity contribution in [1.82, 2.24) is 0 Å². The zero-order valence-electron chi connectivity index (χ0n) is 13.3. The minimum atomic E-state index is -0.0750. The monoisotopic (exact) mass is 424 g/mol. The van der Waals surface area contributed by atoms with Crippen LogP contribution in [0.25, 0.3) is 0 Å². The molecule has 0 heterocycles. The van der Waals surface area contributed by atoms with Crippen LogP contribution in [-0.4, -0.2) is 13.1 Å². The van der Waals surface area contributed by atoms with E-state index in [4.69, 9.17) is 0 Å². The molecule has 21 heavy (non-hydrogen) atoms. The van der Waals surface area contributed by atoms with Gasteiger partial charge in [0.15, 0.2) is 0 Å². The van der Waals surface area contributed by atoms with Crippen LogP contribution in [0.3, 0.4) is 0 Å². The van der Waals surface area contributed by atoms with Crippen molar-refractivity contribution in [2.75, 3.05) is 7.11 Å². The number of carbonyl (C=O) groups is 1. The Labute approximate surface area is 147 Å². The van der Waals surface area contributed by atoms with E-state index < -0.39 is 0 Å². The van der Waals surface area contributed by atoms with Crippen molar-refractivity contribution < 1.29 is 9.53 Å². The lowest BCUT2D eigenvalue weighted by Crippen LogP contribution is -1.99. The minimum Gasteiger partial charge on any atom is -0.469 e. The highest BCUT2D eigenvalue weighted by molar-refractivity contribution is 9.28. The van der Waals surface area contributed by atoms with Crippen molar-refractivity contribution in [2.45, 2.75) is 83.5 Å². The summed E-state index contributed by atoms with van der Waals surface area (Å²) in [5.74, 6) is -0.0750. The first-order valence-electron chi connectivity index (χ1n) is 8.24. The van der Waals surface area contributed by atoms with Gasteiger partial charge in [-0.3, -0.25) is 4.79 Å². The summed E-state index contributed by atoms with van der Waals surface area (Å²) in [5.41, 5.74) is 0. The van der Waals surface area contributed by atoms with Crippen LogP contribution in [0.1, 0.15) is 83.5 Å². The molecule has 0 aliphatic heterocycles. The van der Waals surface area contributed by atoms with E-state index >= 15 is 0 Å². The fourth-order valence-corrected chi connectivity index (χ4v) is 2.78. The molecule has 0 spiro atoms. The molecule has 0 aromatic carbocycles. The molecular formula is C17H30Br2O2. The van der Waals surface area contributed by atoms with Crippen molar-refractivity contribution in [3.63, 3.8) is 0 Å². The highest BCUT2D eigenvalue weighted by atomic mass is 79.9. The predicted octanol–water partition coefficient (Wildman–Crippen LogP) is 6.86. The fraction of sp³-hybridized carbons (Fsp3) is 0.824. The second-order valence-electron chi connectivity index (χ2n) is 5.50. The molecule has 0 aliphatic carbocycles. The molecule has 0 fully saturated rings. The summed E-state index contributed by atoms with van der Waals surface area (Å²) in [7, 11) is 1.46. The van der Waals surface area contributed by atoms with E-state index in [2.05, 4.69) is 42.7 Å². The second kappa shape index (κ2) is 16.5. The zero-order chi connectivity index (χ0) is 15.8. The average Bonchev–Trinajstić information content (AvgIpc) is 2.46. The van der Waals surface area contributed by atoms with E-state index in [-0.39, 0.29) is 5.97 Å². The van der Waals surface area contributed by atoms with Gasteiger partial charge in [-0.15, -0.1) is 0 Å². The minimum absolute atomic E-state index is 0.0750. The summed E-state index contributed by atoms with van der Waals surface area (Å²) in [6.45, 7) is 0. The number of hydrogen-bond donors (Lipinski definition) is 0. The lowest BCUT2D eigenvalue weighted by molar-refractivity contribution is -0.140. The van der Waals surface area contributed by atoms with Crippen LogP contribution in [0, 0.1) is 0 Å². The number of esters is 1. The lowest BCUT2D eigenvalue weighted by atomic mass is 10.0. The van der Waals surface area contributed by atoms with Gasteiger partial charge >= 0.3 is 5.97 Å². The normalized spacial score (nSPS) is 10.4. The van der Waals surface area contributed by atoms with E-state index in [0.29, 0.717) is 6.42 Å². The summed E-state index contributed by atoms with van der Waals surface area (Å²) >= 11 is 6.75. The lowest BCUT2D eigenvalue weighted by Gasteiger charge is -2.02. The Balaban J connectivity index is 3.06. The molecule has 0 aliphatic rings. The van der Waals surface area contributed by atoms with Gasteiger partial charge in [0.05, 0.1) is 10.5 Å². The molecule has 4 heteroatoms. The van der Waals surface area contributed by atoms with Crippen LogP contribution in [0.2, 0.25) is 0 Å². The van der Waals surface area contributed by atoms with Crippen molar-refractivity contribution in [3.05, 3.63) is 9.47 Å². The van der Waals surface area contributed by atoms with Crippen molar-refractivity contribution >= 4 is 37.8 Å². The number of allylic oxidation sites excluding steroid dienone is 1. The molecular weight excluding hydrogens is 396 g/mol. The molecule has 0 amide bonds. The largest absolute Gasteiger partial charge is 0.469 e. The van der Waals surface area contributed by atoms with Gasteiger partial charge in [0.25, 0.3) is 0 Å². The third-order valence-electron chi connectivity index (χ3n) is 3.61. The van der Waals surface area contributed by atoms with Crippen LogP contribution in [0.5, 0.6) is 0 Å². The maximum atomic E-state index is 10.9. The highest BCUT2D eigenvalue weighted by Crippen LogP contribution is 2.16. The SMILES string of the molecule is COC(=O)CCCCCCCCCCCCCC=C(Br)Br. The number of rotatable bonds is 14. The van der Waals surface area contributed by atoms with Crippen LogP contribution in [-0.2, 0) is 9.53 Å². The van der Waals surface area contributed by atoms with E-state index in [1.807, 2.05) is 0 Å². The van der Waals surface area contributed by atoms with Gasteiger partial charge in [-0.25, -0.2) is 0 Å². The van der Waals surface area contributed by atoms with Gasteiger partial charge in [0, 0.05) is 6.42 Å². The third-order valence-corrected chi connectivity index (χ3v) is 4.26. The van der Waals surface area contributed by atoms with Crippen LogP contribution in [0.4, 0.5) is 0 Å². The highest BCUT2D eigenvalue weighted by Gasteiger charge is 1.99. The Kier molecular flexibility index (Phi) is 16.7. The summed E-state index contributed by atoms with van der Waals surface area (Å²) < 4.78 is 5.69. The Morgan fingerprint density at radius 2 is 1.24 bits per heavy atom. The molecule has 2 nitrogen and oxygen atoms in total. The van der Waals surface area contributed by atoms with Gasteiger partial charge in [-0.1, -0.05) is 63.9 Å². The second-order valence-corrected chi connectivity index (χ2v) is 8.27. The van der Waals surface area contributed by atoms with E-state index in [1.165, 1.54) is 64.9 Å². The molecule has 0 N–H and O–H groups in total. The first-order chi connectivity index (χ1) is 10.2. The Hall–Kier alpha value is 0.170.